The molecule has 1 atom stereocenters. The van der Waals surface area contributed by atoms with E-state index in [2.05, 4.69) is 10.1 Å². The molecule has 0 aliphatic heterocycles. The first-order valence-corrected chi connectivity index (χ1v) is 9.77. The summed E-state index contributed by atoms with van der Waals surface area (Å²) in [5.41, 5.74) is 2.00. The molecule has 27 heavy (non-hydrogen) atoms. The molecule has 0 aliphatic carbocycles. The highest BCUT2D eigenvalue weighted by atomic mass is 32.2. The summed E-state index contributed by atoms with van der Waals surface area (Å²) in [6, 6.07) is 6.12. The Morgan fingerprint density at radius 1 is 1.22 bits per heavy atom. The number of alkyl halides is 3. The average Bonchev–Trinajstić information content (AvgIpc) is 2.91. The molecule has 0 N–H and O–H groups in total. The zero-order chi connectivity index (χ0) is 20.0. The van der Waals surface area contributed by atoms with Crippen LogP contribution in [0.2, 0.25) is 0 Å². The van der Waals surface area contributed by atoms with Crippen molar-refractivity contribution >= 4 is 20.7 Å². The van der Waals surface area contributed by atoms with E-state index < -0.39 is 27.7 Å². The Hall–Kier alpha value is -2.42. The molecular formula is C18H17F3N2O3S. The van der Waals surface area contributed by atoms with Crippen LogP contribution in [0.5, 0.6) is 0 Å². The molecule has 2 heterocycles. The number of aromatic nitrogens is 2. The number of fused-ring (bicyclic) bond motifs is 1. The van der Waals surface area contributed by atoms with E-state index in [9.17, 15) is 21.6 Å². The fourth-order valence-electron chi connectivity index (χ4n) is 2.96. The fourth-order valence-corrected chi connectivity index (χ4v) is 4.80. The molecule has 9 heteroatoms. The maximum absolute atomic E-state index is 12.9. The van der Waals surface area contributed by atoms with Crippen molar-refractivity contribution in [2.75, 3.05) is 5.75 Å². The van der Waals surface area contributed by atoms with Crippen LogP contribution in [0.3, 0.4) is 0 Å². The Bertz CT molecular complexity index is 1090. The highest BCUT2D eigenvalue weighted by Crippen LogP contribution is 2.35. The van der Waals surface area contributed by atoms with Crippen LogP contribution in [-0.4, -0.2) is 30.5 Å². The summed E-state index contributed by atoms with van der Waals surface area (Å²) in [4.78, 5) is 3.99. The van der Waals surface area contributed by atoms with Crippen LogP contribution >= 0.6 is 0 Å². The van der Waals surface area contributed by atoms with E-state index in [1.54, 1.807) is 26.0 Å². The van der Waals surface area contributed by atoms with Gasteiger partial charge in [-0.1, -0.05) is 12.1 Å². The van der Waals surface area contributed by atoms with Gasteiger partial charge in [-0.05, 0) is 43.7 Å². The van der Waals surface area contributed by atoms with Gasteiger partial charge in [-0.15, -0.1) is 0 Å². The summed E-state index contributed by atoms with van der Waals surface area (Å²) in [6.07, 6.45) is -3.10. The van der Waals surface area contributed by atoms with Crippen molar-refractivity contribution in [3.63, 3.8) is 0 Å². The molecule has 3 rings (SSSR count). The van der Waals surface area contributed by atoms with E-state index in [-0.39, 0.29) is 10.3 Å². The van der Waals surface area contributed by atoms with Crippen molar-refractivity contribution in [1.29, 1.82) is 0 Å². The topological polar surface area (TPSA) is 73.1 Å². The number of sulfone groups is 1. The predicted octanol–water partition coefficient (Wildman–Crippen LogP) is 4.48. The molecule has 0 saturated heterocycles. The number of aryl methyl sites for hydroxylation is 2. The molecular weight excluding hydrogens is 381 g/mol. The standard InChI is InChI=1S/C18H17F3N2O3S/c1-10(18(19,20)21)9-27(24,25)16-8-13(17-11(2)23-26-12(17)3)7-15-14(16)5-4-6-22-15/h4-8,10H,9H2,1-3H3/t10-/m0/s1. The lowest BCUT2D eigenvalue weighted by Crippen LogP contribution is -2.27. The van der Waals surface area contributed by atoms with Crippen LogP contribution in [0, 0.1) is 19.8 Å². The van der Waals surface area contributed by atoms with E-state index in [0.717, 1.165) is 6.92 Å². The van der Waals surface area contributed by atoms with Gasteiger partial charge in [0.1, 0.15) is 5.76 Å². The lowest BCUT2D eigenvalue weighted by molar-refractivity contribution is -0.163. The number of hydrogen-bond acceptors (Lipinski definition) is 5. The highest BCUT2D eigenvalue weighted by molar-refractivity contribution is 7.91. The molecule has 0 spiro atoms. The van der Waals surface area contributed by atoms with Crippen molar-refractivity contribution in [2.24, 2.45) is 5.92 Å². The SMILES string of the molecule is Cc1noc(C)c1-c1cc(S(=O)(=O)C[C@H](C)C(F)(F)F)c2cccnc2c1. The van der Waals surface area contributed by atoms with E-state index >= 15 is 0 Å². The highest BCUT2D eigenvalue weighted by Gasteiger charge is 2.39. The van der Waals surface area contributed by atoms with Gasteiger partial charge in [0.15, 0.2) is 9.84 Å². The van der Waals surface area contributed by atoms with Crippen LogP contribution in [0.1, 0.15) is 18.4 Å². The quantitative estimate of drug-likeness (QED) is 0.648. The van der Waals surface area contributed by atoms with Gasteiger partial charge in [0.2, 0.25) is 0 Å². The zero-order valence-corrected chi connectivity index (χ0v) is 15.6. The molecule has 5 nitrogen and oxygen atoms in total. The summed E-state index contributed by atoms with van der Waals surface area (Å²) in [5, 5.41) is 4.13. The van der Waals surface area contributed by atoms with Crippen molar-refractivity contribution in [2.45, 2.75) is 31.8 Å². The van der Waals surface area contributed by atoms with Crippen molar-refractivity contribution in [3.8, 4) is 11.1 Å². The van der Waals surface area contributed by atoms with Crippen LogP contribution in [0.4, 0.5) is 13.2 Å². The average molecular weight is 398 g/mol. The van der Waals surface area contributed by atoms with Gasteiger partial charge in [0.25, 0.3) is 0 Å². The van der Waals surface area contributed by atoms with Gasteiger partial charge in [-0.3, -0.25) is 4.98 Å². The largest absolute Gasteiger partial charge is 0.392 e. The van der Waals surface area contributed by atoms with Crippen molar-refractivity contribution in [3.05, 3.63) is 41.9 Å². The van der Waals surface area contributed by atoms with Crippen molar-refractivity contribution in [1.82, 2.24) is 10.1 Å². The summed E-state index contributed by atoms with van der Waals surface area (Å²) in [5.74, 6) is -2.54. The number of pyridine rings is 1. The molecule has 3 aromatic rings. The van der Waals surface area contributed by atoms with Gasteiger partial charge in [0.05, 0.1) is 27.8 Å². The maximum atomic E-state index is 12.9. The number of nitrogens with zero attached hydrogens (tertiary/aromatic N) is 2. The third kappa shape index (κ3) is 3.69. The summed E-state index contributed by atoms with van der Waals surface area (Å²) in [6.45, 7) is 4.24. The van der Waals surface area contributed by atoms with Crippen molar-refractivity contribution < 1.29 is 26.1 Å². The van der Waals surface area contributed by atoms with Crippen LogP contribution in [0.15, 0.2) is 39.9 Å². The summed E-state index contributed by atoms with van der Waals surface area (Å²) < 4.78 is 69.5. The zero-order valence-electron chi connectivity index (χ0n) is 14.8. The third-order valence-corrected chi connectivity index (χ3v) is 6.31. The molecule has 0 unspecified atom stereocenters. The predicted molar refractivity (Wildman–Crippen MR) is 94.0 cm³/mol. The van der Waals surface area contributed by atoms with Crippen LogP contribution in [0.25, 0.3) is 22.0 Å². The Morgan fingerprint density at radius 2 is 1.93 bits per heavy atom. The lowest BCUT2D eigenvalue weighted by Gasteiger charge is -2.17. The number of benzene rings is 1. The first-order valence-electron chi connectivity index (χ1n) is 8.12. The molecule has 0 amide bonds. The summed E-state index contributed by atoms with van der Waals surface area (Å²) in [7, 11) is -4.22. The van der Waals surface area contributed by atoms with Gasteiger partial charge >= 0.3 is 6.18 Å². The van der Waals surface area contributed by atoms with Gasteiger partial charge in [-0.2, -0.15) is 13.2 Å². The minimum Gasteiger partial charge on any atom is -0.361 e. The normalized spacial score (nSPS) is 13.9. The first kappa shape index (κ1) is 19.3. The molecule has 0 bridgehead atoms. The van der Waals surface area contributed by atoms with Gasteiger partial charge < -0.3 is 4.52 Å². The molecule has 0 fully saturated rings. The molecule has 1 aromatic carbocycles. The second kappa shape index (κ2) is 6.63. The van der Waals surface area contributed by atoms with Gasteiger partial charge in [-0.25, -0.2) is 8.42 Å². The van der Waals surface area contributed by atoms with Crippen LogP contribution in [-0.2, 0) is 9.84 Å². The van der Waals surface area contributed by atoms with Gasteiger partial charge in [0, 0.05) is 17.1 Å². The number of hydrogen-bond donors (Lipinski definition) is 0. The number of halogens is 3. The van der Waals surface area contributed by atoms with E-state index in [1.807, 2.05) is 0 Å². The second-order valence-corrected chi connectivity index (χ2v) is 8.47. The lowest BCUT2D eigenvalue weighted by atomic mass is 10.0. The molecule has 0 radical (unpaired) electrons. The Labute approximate surface area is 154 Å². The molecule has 144 valence electrons. The summed E-state index contributed by atoms with van der Waals surface area (Å²) >= 11 is 0. The van der Waals surface area contributed by atoms with E-state index in [1.165, 1.54) is 18.3 Å². The smallest absolute Gasteiger partial charge is 0.361 e. The van der Waals surface area contributed by atoms with E-state index in [0.29, 0.717) is 28.1 Å². The van der Waals surface area contributed by atoms with E-state index in [4.69, 9.17) is 4.52 Å². The fraction of sp³-hybridized carbons (Fsp3) is 0.333. The first-order chi connectivity index (χ1) is 12.5. The Balaban J connectivity index is 2.23. The second-order valence-electron chi connectivity index (χ2n) is 6.47. The molecule has 0 aliphatic rings. The molecule has 0 saturated carbocycles. The maximum Gasteiger partial charge on any atom is 0.392 e. The minimum absolute atomic E-state index is 0.181. The van der Waals surface area contributed by atoms with Crippen LogP contribution < -0.4 is 0 Å². The molecule has 2 aromatic heterocycles. The minimum atomic E-state index is -4.60. The number of rotatable bonds is 4. The third-order valence-electron chi connectivity index (χ3n) is 4.37. The Morgan fingerprint density at radius 3 is 2.52 bits per heavy atom. The Kier molecular flexibility index (Phi) is 4.75. The monoisotopic (exact) mass is 398 g/mol.